The normalized spacial score (nSPS) is 14.7. The number of quaternary nitrogens is 1. The minimum absolute atomic E-state index is 0.000167. The van der Waals surface area contributed by atoms with Crippen LogP contribution in [0.2, 0.25) is 0 Å². The largest absolute Gasteiger partial charge is 0.506 e. The van der Waals surface area contributed by atoms with E-state index in [1.165, 1.54) is 4.90 Å². The van der Waals surface area contributed by atoms with E-state index in [0.717, 1.165) is 54.6 Å². The average molecular weight is 407 g/mol. The van der Waals surface area contributed by atoms with Crippen molar-refractivity contribution in [3.63, 3.8) is 0 Å². The van der Waals surface area contributed by atoms with Crippen molar-refractivity contribution in [3.8, 4) is 11.4 Å². The third kappa shape index (κ3) is 4.16. The number of carbonyl (C=O) groups excluding carboxylic acids is 1. The predicted octanol–water partition coefficient (Wildman–Crippen LogP) is 1.54. The number of phenolic OH excluding ortho intramolecular Hbond substituents is 1. The molecule has 7 nitrogen and oxygen atoms in total. The van der Waals surface area contributed by atoms with Crippen molar-refractivity contribution < 1.29 is 14.8 Å². The van der Waals surface area contributed by atoms with Crippen LogP contribution in [0, 0.1) is 13.8 Å². The van der Waals surface area contributed by atoms with Crippen molar-refractivity contribution in [2.24, 2.45) is 0 Å². The monoisotopic (exact) mass is 406 g/mol. The molecule has 2 heterocycles. The van der Waals surface area contributed by atoms with Crippen LogP contribution in [0.15, 0.2) is 54.6 Å². The molecule has 0 saturated carbocycles. The minimum Gasteiger partial charge on any atom is -0.506 e. The molecule has 3 N–H and O–H groups in total. The molecule has 0 atom stereocenters. The summed E-state index contributed by atoms with van der Waals surface area (Å²) in [4.78, 5) is 16.1. The van der Waals surface area contributed by atoms with Crippen molar-refractivity contribution in [2.75, 3.05) is 42.9 Å². The predicted molar refractivity (Wildman–Crippen MR) is 118 cm³/mol. The molecule has 0 aliphatic carbocycles. The van der Waals surface area contributed by atoms with Crippen molar-refractivity contribution in [1.29, 1.82) is 0 Å². The topological polar surface area (TPSA) is 74.8 Å². The highest BCUT2D eigenvalue weighted by atomic mass is 16.3. The molecule has 0 unspecified atom stereocenters. The van der Waals surface area contributed by atoms with Gasteiger partial charge in [0.15, 0.2) is 6.54 Å². The molecule has 7 heteroatoms. The fourth-order valence-corrected chi connectivity index (χ4v) is 4.03. The van der Waals surface area contributed by atoms with Crippen LogP contribution in [0.25, 0.3) is 5.69 Å². The Bertz CT molecular complexity index is 1020. The van der Waals surface area contributed by atoms with E-state index in [2.05, 4.69) is 15.3 Å². The van der Waals surface area contributed by atoms with Crippen molar-refractivity contribution in [3.05, 3.63) is 66.0 Å². The zero-order valence-corrected chi connectivity index (χ0v) is 17.4. The molecule has 30 heavy (non-hydrogen) atoms. The number of nitrogens with one attached hydrogen (secondary N) is 2. The van der Waals surface area contributed by atoms with Crippen LogP contribution in [0.5, 0.6) is 5.75 Å². The van der Waals surface area contributed by atoms with Gasteiger partial charge in [-0.3, -0.25) is 4.79 Å². The molecule has 0 spiro atoms. The highest BCUT2D eigenvalue weighted by Crippen LogP contribution is 2.26. The summed E-state index contributed by atoms with van der Waals surface area (Å²) in [6, 6.07) is 17.3. The SMILES string of the molecule is Cc1nn(-c2ccccc2)c(C)c1NC(=O)C[NH+]1CCN(c2ccccc2O)CC1. The third-order valence-electron chi connectivity index (χ3n) is 5.66. The van der Waals surface area contributed by atoms with Gasteiger partial charge in [-0.2, -0.15) is 5.10 Å². The number of aryl methyl sites for hydroxylation is 1. The van der Waals surface area contributed by atoms with E-state index < -0.39 is 0 Å². The fraction of sp³-hybridized carbons (Fsp3) is 0.304. The van der Waals surface area contributed by atoms with E-state index in [9.17, 15) is 9.90 Å². The standard InChI is InChI=1S/C23H27N5O2/c1-17-23(18(2)28(25-17)19-8-4-3-5-9-19)24-22(30)16-26-12-14-27(15-13-26)20-10-6-7-11-21(20)29/h3-11,29H,12-16H2,1-2H3,(H,24,30)/p+1. The molecule has 2 aromatic carbocycles. The Morgan fingerprint density at radius 3 is 2.43 bits per heavy atom. The molecule has 0 radical (unpaired) electrons. The Hall–Kier alpha value is -3.32. The van der Waals surface area contributed by atoms with Gasteiger partial charge in [-0.15, -0.1) is 0 Å². The first-order valence-electron chi connectivity index (χ1n) is 10.3. The maximum absolute atomic E-state index is 12.7. The van der Waals surface area contributed by atoms with E-state index in [1.54, 1.807) is 6.07 Å². The van der Waals surface area contributed by atoms with Gasteiger partial charge in [0, 0.05) is 0 Å². The van der Waals surface area contributed by atoms with Crippen LogP contribution in [-0.4, -0.2) is 53.5 Å². The van der Waals surface area contributed by atoms with Crippen molar-refractivity contribution in [1.82, 2.24) is 9.78 Å². The number of carbonyl (C=O) groups is 1. The van der Waals surface area contributed by atoms with Gasteiger partial charge in [-0.25, -0.2) is 4.68 Å². The number of anilines is 2. The highest BCUT2D eigenvalue weighted by molar-refractivity contribution is 5.92. The van der Waals surface area contributed by atoms with Crippen LogP contribution in [-0.2, 0) is 4.79 Å². The number of aromatic hydroxyl groups is 1. The number of para-hydroxylation sites is 3. The molecule has 4 rings (SSSR count). The number of phenols is 1. The van der Waals surface area contributed by atoms with E-state index in [0.29, 0.717) is 12.3 Å². The lowest BCUT2D eigenvalue weighted by molar-refractivity contribution is -0.892. The molecular formula is C23H28N5O2+. The van der Waals surface area contributed by atoms with E-state index in [1.807, 2.05) is 67.1 Å². The number of nitrogens with zero attached hydrogens (tertiary/aromatic N) is 3. The lowest BCUT2D eigenvalue weighted by Crippen LogP contribution is -3.15. The maximum atomic E-state index is 12.7. The summed E-state index contributed by atoms with van der Waals surface area (Å²) in [5.74, 6) is 0.305. The Morgan fingerprint density at radius 1 is 1.07 bits per heavy atom. The van der Waals surface area contributed by atoms with Crippen LogP contribution in [0.4, 0.5) is 11.4 Å². The maximum Gasteiger partial charge on any atom is 0.279 e. The summed E-state index contributed by atoms with van der Waals surface area (Å²) in [7, 11) is 0. The zero-order chi connectivity index (χ0) is 21.1. The second kappa shape index (κ2) is 8.59. The molecule has 1 fully saturated rings. The molecular weight excluding hydrogens is 378 g/mol. The van der Waals surface area contributed by atoms with Crippen LogP contribution in [0.1, 0.15) is 11.4 Å². The molecule has 1 aliphatic rings. The van der Waals surface area contributed by atoms with Gasteiger partial charge in [0.1, 0.15) is 5.75 Å². The van der Waals surface area contributed by atoms with Crippen LogP contribution < -0.4 is 15.1 Å². The molecule has 1 amide bonds. The fourth-order valence-electron chi connectivity index (χ4n) is 4.03. The van der Waals surface area contributed by atoms with Gasteiger partial charge >= 0.3 is 0 Å². The first-order chi connectivity index (χ1) is 14.5. The van der Waals surface area contributed by atoms with Crippen LogP contribution >= 0.6 is 0 Å². The van der Waals surface area contributed by atoms with Gasteiger partial charge in [0.05, 0.1) is 54.6 Å². The number of rotatable bonds is 5. The highest BCUT2D eigenvalue weighted by Gasteiger charge is 2.24. The lowest BCUT2D eigenvalue weighted by atomic mass is 10.2. The molecule has 1 aromatic heterocycles. The van der Waals surface area contributed by atoms with E-state index in [4.69, 9.17) is 0 Å². The molecule has 3 aromatic rings. The quantitative estimate of drug-likeness (QED) is 0.601. The second-order valence-electron chi connectivity index (χ2n) is 7.74. The molecule has 1 saturated heterocycles. The summed E-state index contributed by atoms with van der Waals surface area (Å²) in [6.07, 6.45) is 0. The summed E-state index contributed by atoms with van der Waals surface area (Å²) in [6.45, 7) is 7.63. The Labute approximate surface area is 176 Å². The average Bonchev–Trinajstić information content (AvgIpc) is 3.04. The molecule has 156 valence electrons. The number of hydrogen-bond acceptors (Lipinski definition) is 4. The second-order valence-corrected chi connectivity index (χ2v) is 7.74. The summed E-state index contributed by atoms with van der Waals surface area (Å²) < 4.78 is 1.86. The third-order valence-corrected chi connectivity index (χ3v) is 5.66. The number of piperazine rings is 1. The van der Waals surface area contributed by atoms with Crippen LogP contribution in [0.3, 0.4) is 0 Å². The minimum atomic E-state index is -0.000167. The molecule has 0 bridgehead atoms. The number of aromatic nitrogens is 2. The van der Waals surface area contributed by atoms with E-state index in [-0.39, 0.29) is 5.91 Å². The summed E-state index contributed by atoms with van der Waals surface area (Å²) >= 11 is 0. The smallest absolute Gasteiger partial charge is 0.279 e. The first-order valence-corrected chi connectivity index (χ1v) is 10.3. The lowest BCUT2D eigenvalue weighted by Gasteiger charge is -2.33. The van der Waals surface area contributed by atoms with Crippen molar-refractivity contribution in [2.45, 2.75) is 13.8 Å². The Kier molecular flexibility index (Phi) is 5.72. The Balaban J connectivity index is 1.36. The Morgan fingerprint density at radius 2 is 1.73 bits per heavy atom. The molecule has 1 aliphatic heterocycles. The van der Waals surface area contributed by atoms with E-state index >= 15 is 0 Å². The van der Waals surface area contributed by atoms with Crippen molar-refractivity contribution >= 4 is 17.3 Å². The number of benzene rings is 2. The van der Waals surface area contributed by atoms with Gasteiger partial charge < -0.3 is 20.2 Å². The summed E-state index contributed by atoms with van der Waals surface area (Å²) in [5, 5.41) is 17.7. The zero-order valence-electron chi connectivity index (χ0n) is 17.4. The first kappa shape index (κ1) is 20.0. The van der Waals surface area contributed by atoms with Gasteiger partial charge in [0.25, 0.3) is 5.91 Å². The number of amides is 1. The van der Waals surface area contributed by atoms with Gasteiger partial charge in [0.2, 0.25) is 0 Å². The van der Waals surface area contributed by atoms with Gasteiger partial charge in [-0.1, -0.05) is 30.3 Å². The van der Waals surface area contributed by atoms with Gasteiger partial charge in [-0.05, 0) is 38.1 Å². The summed E-state index contributed by atoms with van der Waals surface area (Å²) in [5.41, 5.74) is 4.36. The number of hydrogen-bond donors (Lipinski definition) is 3.